The number of amides is 1. The molecule has 0 radical (unpaired) electrons. The van der Waals surface area contributed by atoms with E-state index in [0.717, 1.165) is 17.7 Å². The summed E-state index contributed by atoms with van der Waals surface area (Å²) in [6.07, 6.45) is -3.78. The Kier molecular flexibility index (Phi) is 5.01. The number of nitrogens with two attached hydrogens (primary N) is 1. The number of halogens is 3. The highest BCUT2D eigenvalue weighted by atomic mass is 19.4. The first-order chi connectivity index (χ1) is 12.6. The van der Waals surface area contributed by atoms with Gasteiger partial charge in [0.05, 0.1) is 11.2 Å². The molecule has 1 heterocycles. The second-order valence-corrected chi connectivity index (χ2v) is 7.12. The zero-order valence-corrected chi connectivity index (χ0v) is 14.8. The van der Waals surface area contributed by atoms with Crippen molar-refractivity contribution in [1.29, 1.82) is 0 Å². The Balaban J connectivity index is 1.90. The van der Waals surface area contributed by atoms with Crippen LogP contribution in [0.25, 0.3) is 0 Å². The predicted molar refractivity (Wildman–Crippen MR) is 94.9 cm³/mol. The Hall–Kier alpha value is -2.38. The van der Waals surface area contributed by atoms with Crippen molar-refractivity contribution in [3.8, 4) is 0 Å². The number of carbonyl (C=O) groups excluding carboxylic acids is 1. The first kappa shape index (κ1) is 19.4. The molecule has 7 heteroatoms. The largest absolute Gasteiger partial charge is 0.416 e. The van der Waals surface area contributed by atoms with Crippen LogP contribution in [0.1, 0.15) is 52.9 Å². The van der Waals surface area contributed by atoms with E-state index in [0.29, 0.717) is 17.5 Å². The van der Waals surface area contributed by atoms with Crippen LogP contribution in [0.2, 0.25) is 0 Å². The number of primary amides is 1. The summed E-state index contributed by atoms with van der Waals surface area (Å²) in [5.41, 5.74) is 4.91. The lowest BCUT2D eigenvalue weighted by Crippen LogP contribution is -2.46. The lowest BCUT2D eigenvalue weighted by Gasteiger charge is -2.41. The highest BCUT2D eigenvalue weighted by molar-refractivity contribution is 5.92. The molecule has 4 N–H and O–H groups in total. The van der Waals surface area contributed by atoms with Gasteiger partial charge in [-0.1, -0.05) is 24.3 Å². The molecule has 0 saturated carbocycles. The van der Waals surface area contributed by atoms with E-state index in [1.807, 2.05) is 13.0 Å². The van der Waals surface area contributed by atoms with Crippen molar-refractivity contribution in [2.75, 3.05) is 0 Å². The fourth-order valence-corrected chi connectivity index (χ4v) is 3.72. The van der Waals surface area contributed by atoms with E-state index in [4.69, 9.17) is 5.73 Å². The zero-order chi connectivity index (χ0) is 19.8. The number of nitrogens with one attached hydrogen (secondary N) is 1. The maximum Gasteiger partial charge on any atom is 0.416 e. The van der Waals surface area contributed by atoms with Gasteiger partial charge >= 0.3 is 6.18 Å². The monoisotopic (exact) mass is 378 g/mol. The number of alkyl halides is 3. The van der Waals surface area contributed by atoms with Crippen LogP contribution in [0.15, 0.2) is 48.5 Å². The number of piperidine rings is 1. The van der Waals surface area contributed by atoms with Crippen molar-refractivity contribution < 1.29 is 23.1 Å². The highest BCUT2D eigenvalue weighted by Gasteiger charge is 2.40. The summed E-state index contributed by atoms with van der Waals surface area (Å²) in [5, 5.41) is 14.6. The molecular weight excluding hydrogens is 357 g/mol. The molecule has 1 aliphatic heterocycles. The molecule has 1 amide bonds. The van der Waals surface area contributed by atoms with Gasteiger partial charge in [0.1, 0.15) is 0 Å². The molecule has 4 nitrogen and oxygen atoms in total. The van der Waals surface area contributed by atoms with Crippen LogP contribution >= 0.6 is 0 Å². The van der Waals surface area contributed by atoms with Crippen molar-refractivity contribution >= 4 is 5.91 Å². The molecule has 2 aromatic carbocycles. The molecule has 3 atom stereocenters. The molecule has 1 fully saturated rings. The Labute approximate surface area is 155 Å². The first-order valence-corrected chi connectivity index (χ1v) is 8.64. The van der Waals surface area contributed by atoms with Gasteiger partial charge in [-0.15, -0.1) is 0 Å². The summed E-state index contributed by atoms with van der Waals surface area (Å²) in [4.78, 5) is 11.4. The minimum Gasteiger partial charge on any atom is -0.385 e. The fourth-order valence-electron chi connectivity index (χ4n) is 3.72. The molecule has 3 rings (SSSR count). The molecule has 27 heavy (non-hydrogen) atoms. The number of hydrogen-bond acceptors (Lipinski definition) is 3. The van der Waals surface area contributed by atoms with Crippen LogP contribution < -0.4 is 11.1 Å². The van der Waals surface area contributed by atoms with Gasteiger partial charge in [-0.05, 0) is 55.2 Å². The average molecular weight is 378 g/mol. The summed E-state index contributed by atoms with van der Waals surface area (Å²) in [6, 6.07) is 11.1. The molecule has 1 saturated heterocycles. The number of rotatable bonds is 3. The van der Waals surface area contributed by atoms with E-state index < -0.39 is 23.2 Å². The maximum atomic E-state index is 12.8. The molecule has 2 aromatic rings. The molecule has 0 aliphatic carbocycles. The van der Waals surface area contributed by atoms with E-state index in [1.54, 1.807) is 18.2 Å². The van der Waals surface area contributed by atoms with Crippen molar-refractivity contribution in [3.63, 3.8) is 0 Å². The average Bonchev–Trinajstić information content (AvgIpc) is 2.60. The van der Waals surface area contributed by atoms with Crippen LogP contribution in [0.5, 0.6) is 0 Å². The summed E-state index contributed by atoms with van der Waals surface area (Å²) in [5.74, 6) is -0.543. The van der Waals surface area contributed by atoms with Gasteiger partial charge in [-0.25, -0.2) is 0 Å². The smallest absolute Gasteiger partial charge is 0.385 e. The lowest BCUT2D eigenvalue weighted by molar-refractivity contribution is -0.137. The second kappa shape index (κ2) is 6.98. The van der Waals surface area contributed by atoms with Crippen LogP contribution in [0.3, 0.4) is 0 Å². The van der Waals surface area contributed by atoms with Gasteiger partial charge in [0.15, 0.2) is 0 Å². The van der Waals surface area contributed by atoms with Crippen molar-refractivity contribution in [1.82, 2.24) is 5.32 Å². The van der Waals surface area contributed by atoms with E-state index in [2.05, 4.69) is 5.32 Å². The third kappa shape index (κ3) is 4.14. The normalized spacial score (nSPS) is 26.0. The second-order valence-electron chi connectivity index (χ2n) is 7.12. The van der Waals surface area contributed by atoms with Gasteiger partial charge < -0.3 is 16.2 Å². The molecule has 0 aromatic heterocycles. The minimum atomic E-state index is -4.42. The molecule has 1 unspecified atom stereocenters. The molecule has 0 spiro atoms. The zero-order valence-electron chi connectivity index (χ0n) is 14.8. The number of aliphatic hydroxyl groups is 1. The molecule has 144 valence electrons. The Morgan fingerprint density at radius 1 is 1.19 bits per heavy atom. The number of carbonyl (C=O) groups is 1. The van der Waals surface area contributed by atoms with E-state index in [9.17, 15) is 23.1 Å². The van der Waals surface area contributed by atoms with Crippen molar-refractivity contribution in [2.45, 2.75) is 43.6 Å². The first-order valence-electron chi connectivity index (χ1n) is 8.64. The van der Waals surface area contributed by atoms with Crippen LogP contribution in [0, 0.1) is 0 Å². The summed E-state index contributed by atoms with van der Waals surface area (Å²) < 4.78 is 38.4. The topological polar surface area (TPSA) is 75.3 Å². The highest BCUT2D eigenvalue weighted by Crippen LogP contribution is 2.41. The van der Waals surface area contributed by atoms with Gasteiger partial charge in [-0.3, -0.25) is 4.79 Å². The third-order valence-electron chi connectivity index (χ3n) is 4.99. The summed E-state index contributed by atoms with van der Waals surface area (Å²) in [6.45, 7) is 1.90. The van der Waals surface area contributed by atoms with Gasteiger partial charge in [0.25, 0.3) is 0 Å². The van der Waals surface area contributed by atoms with Crippen LogP contribution in [-0.2, 0) is 11.8 Å². The van der Waals surface area contributed by atoms with Crippen molar-refractivity contribution in [2.24, 2.45) is 5.73 Å². The lowest BCUT2D eigenvalue weighted by atomic mass is 9.77. The minimum absolute atomic E-state index is 0.0757. The quantitative estimate of drug-likeness (QED) is 0.765. The van der Waals surface area contributed by atoms with E-state index in [-0.39, 0.29) is 18.5 Å². The Morgan fingerprint density at radius 3 is 2.44 bits per heavy atom. The summed E-state index contributed by atoms with van der Waals surface area (Å²) >= 11 is 0. The number of benzene rings is 2. The number of hydrogen-bond donors (Lipinski definition) is 3. The van der Waals surface area contributed by atoms with Crippen molar-refractivity contribution in [3.05, 3.63) is 70.8 Å². The van der Waals surface area contributed by atoms with Gasteiger partial charge in [0.2, 0.25) is 5.91 Å². The Bertz CT molecular complexity index is 836. The van der Waals surface area contributed by atoms with Gasteiger partial charge in [-0.2, -0.15) is 13.2 Å². The Morgan fingerprint density at radius 2 is 1.85 bits per heavy atom. The van der Waals surface area contributed by atoms with Gasteiger partial charge in [0, 0.05) is 17.6 Å². The van der Waals surface area contributed by atoms with Crippen LogP contribution in [0.4, 0.5) is 13.2 Å². The van der Waals surface area contributed by atoms with E-state index in [1.165, 1.54) is 12.1 Å². The van der Waals surface area contributed by atoms with E-state index >= 15 is 0 Å². The molecule has 1 aliphatic rings. The van der Waals surface area contributed by atoms with Crippen LogP contribution in [-0.4, -0.2) is 17.1 Å². The fraction of sp³-hybridized carbons (Fsp3) is 0.350. The predicted octanol–water partition coefficient (Wildman–Crippen LogP) is 3.51. The molecule has 0 bridgehead atoms. The maximum absolute atomic E-state index is 12.8. The standard InChI is InChI=1S/C20H21F3N2O2/c1-12-10-19(27,15-5-7-16(8-6-15)20(21,22)23)11-17(25-12)13-3-2-4-14(9-13)18(24)26/h2-9,12,17,25,27H,10-11H2,1H3,(H2,24,26)/t12-,17-,19?/m0/s1. The summed E-state index contributed by atoms with van der Waals surface area (Å²) in [7, 11) is 0. The third-order valence-corrected chi connectivity index (χ3v) is 4.99. The SMILES string of the molecule is C[C@H]1CC(O)(c2ccc(C(F)(F)F)cc2)C[C@@H](c2cccc(C(N)=O)c2)N1. The molecular formula is C20H21F3N2O2.